The maximum atomic E-state index is 16.5. The molecule has 2 fully saturated rings. The maximum Gasteiger partial charge on any atom is 0.342 e. The number of aromatic nitrogens is 4. The van der Waals surface area contributed by atoms with Crippen LogP contribution in [0.4, 0.5) is 16.2 Å². The van der Waals surface area contributed by atoms with E-state index in [0.717, 1.165) is 12.8 Å². The lowest BCUT2D eigenvalue weighted by molar-refractivity contribution is -0.146. The molecule has 1 aliphatic carbocycles. The van der Waals surface area contributed by atoms with E-state index in [0.29, 0.717) is 11.3 Å². The SMILES string of the molecule is C#CC1(F)C(O)[C@@H](COP(=O)(N[C@@H](CC(C)C)C(=O)OCC)N[C@H](CC(C)C)C(=O)OCC)OC1n1cnc2c(NC3CC3)nc(N)nc21. The predicted octanol–water partition coefficient (Wildman–Crippen LogP) is 2.84. The number of carbonyl (C=O) groups excluding carboxylic acids is 2. The summed E-state index contributed by atoms with van der Waals surface area (Å²) in [7, 11) is -4.40. The number of rotatable bonds is 18. The summed E-state index contributed by atoms with van der Waals surface area (Å²) in [4.78, 5) is 38.7. The molecule has 7 atom stereocenters. The summed E-state index contributed by atoms with van der Waals surface area (Å²) in [6.07, 6.45) is 4.06. The number of aliphatic hydroxyl groups is 1. The maximum absolute atomic E-state index is 16.5. The molecule has 4 rings (SSSR count). The zero-order valence-corrected chi connectivity index (χ0v) is 29.6. The summed E-state index contributed by atoms with van der Waals surface area (Å²) in [6, 6.07) is -2.03. The molecule has 0 amide bonds. The van der Waals surface area contributed by atoms with Crippen molar-refractivity contribution in [3.63, 3.8) is 0 Å². The van der Waals surface area contributed by atoms with Crippen molar-refractivity contribution in [3.05, 3.63) is 6.33 Å². The van der Waals surface area contributed by atoms with Gasteiger partial charge < -0.3 is 34.9 Å². The molecule has 0 bridgehead atoms. The molecule has 16 nitrogen and oxygen atoms in total. The van der Waals surface area contributed by atoms with E-state index in [9.17, 15) is 19.3 Å². The molecule has 3 heterocycles. The number of fused-ring (bicyclic) bond motifs is 1. The number of ether oxygens (including phenoxy) is 3. The second-order valence-corrected chi connectivity index (χ2v) is 14.9. The number of aliphatic hydroxyl groups excluding tert-OH is 1. The second kappa shape index (κ2) is 16.1. The van der Waals surface area contributed by atoms with Crippen molar-refractivity contribution >= 4 is 42.5 Å². The number of anilines is 2. The molecule has 1 saturated heterocycles. The minimum absolute atomic E-state index is 0.0433. The molecule has 0 aromatic carbocycles. The van der Waals surface area contributed by atoms with Crippen molar-refractivity contribution in [2.45, 2.75) is 109 Å². The van der Waals surface area contributed by atoms with Gasteiger partial charge in [-0.05, 0) is 51.4 Å². The van der Waals surface area contributed by atoms with Gasteiger partial charge >= 0.3 is 19.6 Å². The zero-order valence-electron chi connectivity index (χ0n) is 28.7. The van der Waals surface area contributed by atoms with E-state index < -0.39 is 62.4 Å². The topological polar surface area (TPSA) is 214 Å². The molecular weight excluding hydrogens is 662 g/mol. The highest BCUT2D eigenvalue weighted by molar-refractivity contribution is 7.54. The van der Waals surface area contributed by atoms with Crippen LogP contribution in [0.25, 0.3) is 11.2 Å². The highest BCUT2D eigenvalue weighted by atomic mass is 31.2. The first-order valence-corrected chi connectivity index (χ1v) is 18.2. The second-order valence-electron chi connectivity index (χ2n) is 13.0. The highest BCUT2D eigenvalue weighted by Gasteiger charge is 2.58. The summed E-state index contributed by atoms with van der Waals surface area (Å²) in [5.74, 6) is 0.800. The zero-order chi connectivity index (χ0) is 36.1. The third kappa shape index (κ3) is 9.24. The van der Waals surface area contributed by atoms with Crippen molar-refractivity contribution in [1.29, 1.82) is 0 Å². The van der Waals surface area contributed by atoms with Crippen molar-refractivity contribution in [2.24, 2.45) is 11.8 Å². The van der Waals surface area contributed by atoms with Crippen LogP contribution in [0.15, 0.2) is 6.33 Å². The van der Waals surface area contributed by atoms with Gasteiger partial charge in [-0.2, -0.15) is 9.97 Å². The van der Waals surface area contributed by atoms with Gasteiger partial charge in [0.1, 0.15) is 24.3 Å². The lowest BCUT2D eigenvalue weighted by atomic mass is 9.97. The molecular formula is C31H48FN8O8P. The Labute approximate surface area is 285 Å². The fourth-order valence-electron chi connectivity index (χ4n) is 5.47. The first-order chi connectivity index (χ1) is 23.1. The van der Waals surface area contributed by atoms with Gasteiger partial charge in [0.2, 0.25) is 11.6 Å². The number of imidazole rings is 1. The molecule has 2 aromatic rings. The summed E-state index contributed by atoms with van der Waals surface area (Å²) in [6.45, 7) is 10.2. The first kappa shape index (κ1) is 38.4. The van der Waals surface area contributed by atoms with Crippen LogP contribution in [-0.2, 0) is 32.9 Å². The van der Waals surface area contributed by atoms with Crippen LogP contribution in [0.1, 0.15) is 73.5 Å². The average Bonchev–Trinajstić information content (AvgIpc) is 3.69. The fraction of sp³-hybridized carbons (Fsp3) is 0.710. The molecule has 1 saturated carbocycles. The van der Waals surface area contributed by atoms with Crippen LogP contribution >= 0.6 is 7.67 Å². The van der Waals surface area contributed by atoms with E-state index in [1.165, 1.54) is 10.9 Å². The van der Waals surface area contributed by atoms with E-state index in [1.807, 2.05) is 33.6 Å². The number of halogens is 1. The Morgan fingerprint density at radius 1 is 1.14 bits per heavy atom. The van der Waals surface area contributed by atoms with Crippen LogP contribution in [0.3, 0.4) is 0 Å². The summed E-state index contributed by atoms with van der Waals surface area (Å²) >= 11 is 0. The van der Waals surface area contributed by atoms with Crippen LogP contribution < -0.4 is 21.2 Å². The molecule has 49 heavy (non-hydrogen) atoms. The molecule has 18 heteroatoms. The Hall–Kier alpha value is -3.39. The third-order valence-corrected chi connectivity index (χ3v) is 9.72. The van der Waals surface area contributed by atoms with E-state index in [4.69, 9.17) is 30.9 Å². The fourth-order valence-corrected chi connectivity index (χ4v) is 7.29. The molecule has 4 unspecified atom stereocenters. The Morgan fingerprint density at radius 3 is 2.20 bits per heavy atom. The third-order valence-electron chi connectivity index (χ3n) is 7.91. The number of carbonyl (C=O) groups is 2. The van der Waals surface area contributed by atoms with E-state index >= 15 is 4.39 Å². The summed E-state index contributed by atoms with van der Waals surface area (Å²) in [5.41, 5.74) is 3.53. The lowest BCUT2D eigenvalue weighted by Crippen LogP contribution is -2.46. The minimum Gasteiger partial charge on any atom is -0.465 e. The molecule has 2 aliphatic rings. The number of alkyl halides is 1. The quantitative estimate of drug-likeness (QED) is 0.0855. The van der Waals surface area contributed by atoms with E-state index in [2.05, 4.69) is 30.4 Å². The molecule has 6 N–H and O–H groups in total. The number of hydrogen-bond donors (Lipinski definition) is 5. The molecule has 0 spiro atoms. The minimum atomic E-state index is -4.40. The largest absolute Gasteiger partial charge is 0.465 e. The van der Waals surface area contributed by atoms with Crippen molar-refractivity contribution < 1.29 is 42.4 Å². The predicted molar refractivity (Wildman–Crippen MR) is 179 cm³/mol. The Kier molecular flexibility index (Phi) is 12.6. The number of terminal acetylenes is 1. The number of hydrogen-bond acceptors (Lipinski definition) is 13. The Balaban J connectivity index is 1.65. The van der Waals surface area contributed by atoms with Crippen LogP contribution in [0.5, 0.6) is 0 Å². The number of nitrogens with zero attached hydrogens (tertiary/aromatic N) is 4. The summed E-state index contributed by atoms with van der Waals surface area (Å²) < 4.78 is 54.6. The normalized spacial score (nSPS) is 24.8. The smallest absolute Gasteiger partial charge is 0.342 e. The van der Waals surface area contributed by atoms with Gasteiger partial charge in [0.25, 0.3) is 0 Å². The van der Waals surface area contributed by atoms with Gasteiger partial charge in [0.15, 0.2) is 23.2 Å². The lowest BCUT2D eigenvalue weighted by Gasteiger charge is -2.30. The molecule has 272 valence electrons. The number of nitrogens with one attached hydrogen (secondary N) is 3. The molecule has 2 aromatic heterocycles. The van der Waals surface area contributed by atoms with Crippen molar-refractivity contribution in [2.75, 3.05) is 30.9 Å². The van der Waals surface area contributed by atoms with Crippen molar-refractivity contribution in [1.82, 2.24) is 29.7 Å². The Bertz CT molecular complexity index is 1530. The standard InChI is InChI=1S/C31H48FN8O8P/c1-8-31(32)24(41)22(48-29(31)40-16-34-23-25(35-19-11-12-19)36-30(33)37-26(23)40)15-47-49(44,38-20(13-17(4)5)27(42)45-9-2)39-21(14-18(6)7)28(43)46-10-3/h1,16-22,24,29,41H,9-15H2,2-7H3,(H2,38,39,44)(H3,33,35,36,37)/t20-,21+,22-,24?,29?,31?,49?/m1/s1. The number of esters is 2. The van der Waals surface area contributed by atoms with E-state index in [-0.39, 0.29) is 55.5 Å². The number of nitrogens with two attached hydrogens (primary N) is 1. The van der Waals surface area contributed by atoms with Gasteiger partial charge in [-0.1, -0.05) is 33.6 Å². The monoisotopic (exact) mass is 710 g/mol. The molecule has 0 radical (unpaired) electrons. The highest BCUT2D eigenvalue weighted by Crippen LogP contribution is 2.46. The van der Waals surface area contributed by atoms with Gasteiger partial charge in [-0.25, -0.2) is 19.5 Å². The molecule has 1 aliphatic heterocycles. The van der Waals surface area contributed by atoms with Gasteiger partial charge in [-0.3, -0.25) is 18.7 Å². The summed E-state index contributed by atoms with van der Waals surface area (Å²) in [5, 5.41) is 19.9. The first-order valence-electron chi connectivity index (χ1n) is 16.5. The number of nitrogen functional groups attached to an aromatic ring is 1. The van der Waals surface area contributed by atoms with Crippen LogP contribution in [-0.4, -0.2) is 92.4 Å². The van der Waals surface area contributed by atoms with Gasteiger partial charge in [-0.15, -0.1) is 6.42 Å². The van der Waals surface area contributed by atoms with E-state index in [1.54, 1.807) is 13.8 Å². The van der Waals surface area contributed by atoms with Crippen LogP contribution in [0, 0.1) is 24.2 Å². The van der Waals surface area contributed by atoms with Gasteiger partial charge in [0, 0.05) is 6.04 Å². The van der Waals surface area contributed by atoms with Crippen LogP contribution in [0.2, 0.25) is 0 Å². The Morgan fingerprint density at radius 2 is 1.71 bits per heavy atom. The van der Waals surface area contributed by atoms with Gasteiger partial charge in [0.05, 0.1) is 26.1 Å². The van der Waals surface area contributed by atoms with Crippen molar-refractivity contribution in [3.8, 4) is 12.3 Å². The average molecular weight is 711 g/mol.